The second-order valence-corrected chi connectivity index (χ2v) is 9.73. The van der Waals surface area contributed by atoms with Gasteiger partial charge in [-0.1, -0.05) is 94.9 Å². The average molecular weight is 505 g/mol. The number of aromatic nitrogens is 6. The second kappa shape index (κ2) is 10.2. The zero-order valence-electron chi connectivity index (χ0n) is 17.7. The standard InChI is InChI=1S/C12H8ClN3S.C12H9N3OS/c13-11-10-12(15-7-14-11)17-9(16-10)6-8-4-2-1-3-5-8;16-11-10-12(14-7-13-11)17-9(15-10)6-8-4-2-1-3-5-8/h1-5,7H,6H2;1-5,7H,6H2,(H,13,14,16). The number of halogens is 1. The van der Waals surface area contributed by atoms with Gasteiger partial charge in [-0.15, -0.1) is 0 Å². The number of fused-ring (bicyclic) bond motifs is 2. The first kappa shape index (κ1) is 22.3. The van der Waals surface area contributed by atoms with Gasteiger partial charge in [0.1, 0.15) is 21.7 Å². The van der Waals surface area contributed by atoms with Crippen molar-refractivity contribution in [2.75, 3.05) is 0 Å². The van der Waals surface area contributed by atoms with E-state index in [-0.39, 0.29) is 5.56 Å². The molecule has 0 fully saturated rings. The van der Waals surface area contributed by atoms with Gasteiger partial charge in [0.25, 0.3) is 5.56 Å². The molecule has 168 valence electrons. The van der Waals surface area contributed by atoms with Crippen LogP contribution in [0.15, 0.2) is 78.1 Å². The van der Waals surface area contributed by atoms with E-state index < -0.39 is 0 Å². The van der Waals surface area contributed by atoms with Gasteiger partial charge >= 0.3 is 0 Å². The van der Waals surface area contributed by atoms with Crippen molar-refractivity contribution < 1.29 is 0 Å². The molecule has 1 N–H and O–H groups in total. The molecule has 4 aromatic heterocycles. The van der Waals surface area contributed by atoms with E-state index in [1.165, 1.54) is 35.1 Å². The summed E-state index contributed by atoms with van der Waals surface area (Å²) in [5.74, 6) is 0. The number of hydrogen-bond acceptors (Lipinski definition) is 8. The minimum absolute atomic E-state index is 0.175. The Morgan fingerprint density at radius 2 is 1.29 bits per heavy atom. The lowest BCUT2D eigenvalue weighted by molar-refractivity contribution is 1.13. The lowest BCUT2D eigenvalue weighted by atomic mass is 10.2. The van der Waals surface area contributed by atoms with Crippen LogP contribution in [0, 0.1) is 0 Å². The van der Waals surface area contributed by atoms with Gasteiger partial charge in [-0.05, 0) is 11.1 Å². The molecule has 10 heteroatoms. The Hall–Kier alpha value is -3.53. The quantitative estimate of drug-likeness (QED) is 0.327. The monoisotopic (exact) mass is 504 g/mol. The predicted octanol–water partition coefficient (Wildman–Crippen LogP) is 5.30. The molecular weight excluding hydrogens is 488 g/mol. The highest BCUT2D eigenvalue weighted by Gasteiger charge is 2.10. The van der Waals surface area contributed by atoms with Crippen LogP contribution in [0.3, 0.4) is 0 Å². The number of hydrogen-bond donors (Lipinski definition) is 1. The first-order valence-corrected chi connectivity index (χ1v) is 12.3. The zero-order valence-corrected chi connectivity index (χ0v) is 20.1. The molecule has 0 unspecified atom stereocenters. The van der Waals surface area contributed by atoms with Gasteiger partial charge in [-0.25, -0.2) is 24.9 Å². The Morgan fingerprint density at radius 3 is 1.85 bits per heavy atom. The van der Waals surface area contributed by atoms with Crippen molar-refractivity contribution in [1.82, 2.24) is 29.9 Å². The van der Waals surface area contributed by atoms with E-state index in [9.17, 15) is 4.79 Å². The number of nitrogens with one attached hydrogen (secondary N) is 1. The Labute approximate surface area is 207 Å². The Morgan fingerprint density at radius 1 is 0.735 bits per heavy atom. The first-order chi connectivity index (χ1) is 16.7. The summed E-state index contributed by atoms with van der Waals surface area (Å²) < 4.78 is 0. The molecule has 0 aliphatic carbocycles. The third kappa shape index (κ3) is 5.17. The van der Waals surface area contributed by atoms with Crippen molar-refractivity contribution in [2.45, 2.75) is 12.8 Å². The molecule has 4 heterocycles. The normalized spacial score (nSPS) is 10.9. The fraction of sp³-hybridized carbons (Fsp3) is 0.0833. The lowest BCUT2D eigenvalue weighted by Gasteiger charge is -1.95. The van der Waals surface area contributed by atoms with E-state index in [0.29, 0.717) is 21.0 Å². The summed E-state index contributed by atoms with van der Waals surface area (Å²) in [6, 6.07) is 20.3. The third-order valence-electron chi connectivity index (χ3n) is 4.84. The van der Waals surface area contributed by atoms with Crippen molar-refractivity contribution >= 4 is 55.0 Å². The smallest absolute Gasteiger partial charge is 0.278 e. The van der Waals surface area contributed by atoms with Crippen LogP contribution in [0.5, 0.6) is 0 Å². The first-order valence-electron chi connectivity index (χ1n) is 10.3. The fourth-order valence-corrected chi connectivity index (χ4v) is 5.38. The third-order valence-corrected chi connectivity index (χ3v) is 7.04. The number of thiazole rings is 2. The van der Waals surface area contributed by atoms with E-state index in [4.69, 9.17) is 11.6 Å². The molecule has 0 amide bonds. The molecular formula is C24H17ClN6OS2. The molecule has 34 heavy (non-hydrogen) atoms. The maximum atomic E-state index is 11.5. The molecule has 0 bridgehead atoms. The molecule has 6 aromatic rings. The molecule has 0 radical (unpaired) electrons. The highest BCUT2D eigenvalue weighted by Crippen LogP contribution is 2.25. The molecule has 0 saturated heterocycles. The summed E-state index contributed by atoms with van der Waals surface area (Å²) in [6.45, 7) is 0. The van der Waals surface area contributed by atoms with Crippen molar-refractivity contribution in [3.63, 3.8) is 0 Å². The number of benzene rings is 2. The number of H-pyrrole nitrogens is 1. The summed E-state index contributed by atoms with van der Waals surface area (Å²) in [5, 5.41) is 2.34. The van der Waals surface area contributed by atoms with Crippen LogP contribution in [0.2, 0.25) is 5.15 Å². The van der Waals surface area contributed by atoms with Crippen molar-refractivity contribution in [3.8, 4) is 0 Å². The lowest BCUT2D eigenvalue weighted by Crippen LogP contribution is -2.05. The Bertz CT molecular complexity index is 1600. The Balaban J connectivity index is 0.000000142. The number of aromatic amines is 1. The van der Waals surface area contributed by atoms with Crippen LogP contribution in [0.1, 0.15) is 21.1 Å². The van der Waals surface area contributed by atoms with Gasteiger partial charge in [0.2, 0.25) is 0 Å². The van der Waals surface area contributed by atoms with Gasteiger partial charge < -0.3 is 4.98 Å². The molecule has 2 aromatic carbocycles. The van der Waals surface area contributed by atoms with Gasteiger partial charge in [0, 0.05) is 12.8 Å². The van der Waals surface area contributed by atoms with Crippen LogP contribution < -0.4 is 5.56 Å². The molecule has 0 saturated carbocycles. The van der Waals surface area contributed by atoms with E-state index in [1.807, 2.05) is 48.5 Å². The van der Waals surface area contributed by atoms with Gasteiger partial charge in [0.05, 0.1) is 11.3 Å². The maximum Gasteiger partial charge on any atom is 0.278 e. The van der Waals surface area contributed by atoms with Crippen LogP contribution in [0.25, 0.3) is 20.7 Å². The number of rotatable bonds is 4. The fourth-order valence-electron chi connectivity index (χ4n) is 3.27. The van der Waals surface area contributed by atoms with Gasteiger partial charge in [-0.2, -0.15) is 0 Å². The van der Waals surface area contributed by atoms with E-state index >= 15 is 0 Å². The Kier molecular flexibility index (Phi) is 6.66. The molecule has 0 spiro atoms. The van der Waals surface area contributed by atoms with Gasteiger partial charge in [0.15, 0.2) is 15.5 Å². The zero-order chi connectivity index (χ0) is 23.3. The van der Waals surface area contributed by atoms with Crippen molar-refractivity contribution in [3.05, 3.63) is 110 Å². The van der Waals surface area contributed by atoms with Crippen LogP contribution in [-0.4, -0.2) is 29.9 Å². The van der Waals surface area contributed by atoms with Crippen molar-refractivity contribution in [2.24, 2.45) is 0 Å². The largest absolute Gasteiger partial charge is 0.311 e. The number of nitrogens with zero attached hydrogens (tertiary/aromatic N) is 5. The van der Waals surface area contributed by atoms with E-state index in [2.05, 4.69) is 42.0 Å². The topological polar surface area (TPSA) is 97.3 Å². The SMILES string of the molecule is Clc1ncnc2sc(Cc3ccccc3)nc12.O=c1[nH]cnc2sc(Cc3ccccc3)nc12. The minimum atomic E-state index is -0.175. The highest BCUT2D eigenvalue weighted by atomic mass is 35.5. The summed E-state index contributed by atoms with van der Waals surface area (Å²) in [5.41, 5.74) is 3.37. The van der Waals surface area contributed by atoms with Crippen LogP contribution in [-0.2, 0) is 12.8 Å². The minimum Gasteiger partial charge on any atom is -0.311 e. The van der Waals surface area contributed by atoms with E-state index in [0.717, 1.165) is 27.7 Å². The molecule has 0 aliphatic heterocycles. The van der Waals surface area contributed by atoms with Crippen LogP contribution >= 0.6 is 34.3 Å². The summed E-state index contributed by atoms with van der Waals surface area (Å²) in [4.78, 5) is 36.5. The summed E-state index contributed by atoms with van der Waals surface area (Å²) in [7, 11) is 0. The summed E-state index contributed by atoms with van der Waals surface area (Å²) >= 11 is 8.99. The second-order valence-electron chi connectivity index (χ2n) is 7.24. The van der Waals surface area contributed by atoms with E-state index in [1.54, 1.807) is 11.3 Å². The average Bonchev–Trinajstić information content (AvgIpc) is 3.46. The molecule has 0 atom stereocenters. The van der Waals surface area contributed by atoms with Gasteiger partial charge in [-0.3, -0.25) is 4.79 Å². The maximum absolute atomic E-state index is 11.5. The van der Waals surface area contributed by atoms with Crippen molar-refractivity contribution in [1.29, 1.82) is 0 Å². The molecule has 0 aliphatic rings. The summed E-state index contributed by atoms with van der Waals surface area (Å²) in [6.07, 6.45) is 4.42. The predicted molar refractivity (Wildman–Crippen MR) is 137 cm³/mol. The molecule has 7 nitrogen and oxygen atoms in total. The van der Waals surface area contributed by atoms with Crippen LogP contribution in [0.4, 0.5) is 0 Å². The molecule has 6 rings (SSSR count). The highest BCUT2D eigenvalue weighted by molar-refractivity contribution is 7.18.